The predicted octanol–water partition coefficient (Wildman–Crippen LogP) is 1.60. The lowest BCUT2D eigenvalue weighted by atomic mass is 10.1. The van der Waals surface area contributed by atoms with Gasteiger partial charge in [-0.2, -0.15) is 0 Å². The first-order chi connectivity index (χ1) is 8.97. The summed E-state index contributed by atoms with van der Waals surface area (Å²) >= 11 is 0. The molecular weight excluding hydrogens is 267 g/mol. The molecule has 2 aromatic rings. The molecule has 0 aromatic carbocycles. The molecule has 0 unspecified atom stereocenters. The smallest absolute Gasteiger partial charge is 0.360 e. The van der Waals surface area contributed by atoms with Crippen LogP contribution in [0.3, 0.4) is 0 Å². The van der Waals surface area contributed by atoms with Crippen LogP contribution in [0, 0.1) is 0 Å². The number of nitrogens with zero attached hydrogens (tertiary/aromatic N) is 1. The standard InChI is InChI=1S/C12H13N2O4P/c13-12-8(7-1-2-7)3-4-9(14-12)11-10(5-6-18-11)19(15,16)17/h3-7H,1-2H2,(H2,13,14)(H2,15,16,17). The Labute approximate surface area is 109 Å². The molecule has 1 aliphatic carbocycles. The molecule has 19 heavy (non-hydrogen) atoms. The molecule has 1 saturated carbocycles. The molecule has 2 heterocycles. The summed E-state index contributed by atoms with van der Waals surface area (Å²) in [5.41, 5.74) is 7.21. The van der Waals surface area contributed by atoms with Crippen LogP contribution in [-0.4, -0.2) is 14.8 Å². The van der Waals surface area contributed by atoms with Crippen LogP contribution in [0.1, 0.15) is 24.3 Å². The third kappa shape index (κ3) is 2.30. The zero-order chi connectivity index (χ0) is 13.6. The van der Waals surface area contributed by atoms with Crippen molar-refractivity contribution in [3.05, 3.63) is 30.0 Å². The monoisotopic (exact) mass is 280 g/mol. The molecule has 6 nitrogen and oxygen atoms in total. The van der Waals surface area contributed by atoms with Crippen molar-refractivity contribution in [2.24, 2.45) is 0 Å². The minimum atomic E-state index is -4.38. The molecule has 2 aromatic heterocycles. The molecule has 0 spiro atoms. The molecular formula is C12H13N2O4P. The van der Waals surface area contributed by atoms with Crippen molar-refractivity contribution in [2.45, 2.75) is 18.8 Å². The van der Waals surface area contributed by atoms with Crippen molar-refractivity contribution in [3.63, 3.8) is 0 Å². The van der Waals surface area contributed by atoms with Gasteiger partial charge >= 0.3 is 7.60 Å². The van der Waals surface area contributed by atoms with Gasteiger partial charge in [0.05, 0.1) is 6.26 Å². The maximum absolute atomic E-state index is 11.3. The summed E-state index contributed by atoms with van der Waals surface area (Å²) in [6.07, 6.45) is 3.45. The van der Waals surface area contributed by atoms with Crippen molar-refractivity contribution >= 4 is 18.7 Å². The number of nitrogen functional groups attached to an aromatic ring is 1. The van der Waals surface area contributed by atoms with Gasteiger partial charge in [-0.05, 0) is 36.5 Å². The average Bonchev–Trinajstić information content (AvgIpc) is 3.03. The molecule has 7 heteroatoms. The van der Waals surface area contributed by atoms with Crippen LogP contribution < -0.4 is 11.0 Å². The summed E-state index contributed by atoms with van der Waals surface area (Å²) in [6, 6.07) is 4.78. The van der Waals surface area contributed by atoms with Crippen molar-refractivity contribution in [3.8, 4) is 11.5 Å². The van der Waals surface area contributed by atoms with Crippen LogP contribution >= 0.6 is 7.60 Å². The van der Waals surface area contributed by atoms with E-state index in [1.165, 1.54) is 12.3 Å². The van der Waals surface area contributed by atoms with Gasteiger partial charge in [-0.1, -0.05) is 6.07 Å². The number of hydrogen-bond acceptors (Lipinski definition) is 4. The van der Waals surface area contributed by atoms with Crippen molar-refractivity contribution in [1.29, 1.82) is 0 Å². The second-order valence-corrected chi connectivity index (χ2v) is 6.19. The molecule has 0 saturated heterocycles. The number of aromatic nitrogens is 1. The van der Waals surface area contributed by atoms with E-state index in [1.54, 1.807) is 6.07 Å². The average molecular weight is 280 g/mol. The van der Waals surface area contributed by atoms with Gasteiger partial charge in [-0.3, -0.25) is 4.57 Å². The van der Waals surface area contributed by atoms with E-state index in [2.05, 4.69) is 4.98 Å². The molecule has 0 bridgehead atoms. The molecule has 4 N–H and O–H groups in total. The summed E-state index contributed by atoms with van der Waals surface area (Å²) in [4.78, 5) is 22.7. The zero-order valence-electron chi connectivity index (χ0n) is 9.98. The first-order valence-corrected chi connectivity index (χ1v) is 7.48. The summed E-state index contributed by atoms with van der Waals surface area (Å²) < 4.78 is 16.5. The van der Waals surface area contributed by atoms with E-state index >= 15 is 0 Å². The van der Waals surface area contributed by atoms with E-state index in [0.717, 1.165) is 18.4 Å². The summed E-state index contributed by atoms with van der Waals surface area (Å²) in [7, 11) is -4.38. The van der Waals surface area contributed by atoms with Gasteiger partial charge in [0, 0.05) is 0 Å². The van der Waals surface area contributed by atoms with Crippen LogP contribution in [0.15, 0.2) is 28.9 Å². The van der Waals surface area contributed by atoms with Crippen LogP contribution in [0.5, 0.6) is 0 Å². The van der Waals surface area contributed by atoms with E-state index in [9.17, 15) is 14.4 Å². The predicted molar refractivity (Wildman–Crippen MR) is 70.0 cm³/mol. The maximum Gasteiger partial charge on any atom is 0.360 e. The molecule has 1 aliphatic rings. The van der Waals surface area contributed by atoms with Gasteiger partial charge in [-0.15, -0.1) is 0 Å². The highest BCUT2D eigenvalue weighted by Crippen LogP contribution is 2.43. The van der Waals surface area contributed by atoms with Gasteiger partial charge in [0.1, 0.15) is 16.8 Å². The minimum Gasteiger partial charge on any atom is -0.462 e. The Hall–Kier alpha value is -1.62. The van der Waals surface area contributed by atoms with Crippen molar-refractivity contribution in [2.75, 3.05) is 5.73 Å². The molecule has 1 fully saturated rings. The number of furan rings is 1. The van der Waals surface area contributed by atoms with Gasteiger partial charge in [-0.25, -0.2) is 4.98 Å². The second kappa shape index (κ2) is 4.20. The third-order valence-corrected chi connectivity index (χ3v) is 4.15. The third-order valence-electron chi connectivity index (χ3n) is 3.17. The van der Waals surface area contributed by atoms with E-state index in [1.807, 2.05) is 6.07 Å². The lowest BCUT2D eigenvalue weighted by Gasteiger charge is -2.07. The Morgan fingerprint density at radius 2 is 2.05 bits per heavy atom. The number of nitrogens with two attached hydrogens (primary N) is 1. The molecule has 0 aliphatic heterocycles. The lowest BCUT2D eigenvalue weighted by Crippen LogP contribution is -2.06. The van der Waals surface area contributed by atoms with E-state index in [-0.39, 0.29) is 11.1 Å². The number of hydrogen-bond donors (Lipinski definition) is 3. The van der Waals surface area contributed by atoms with E-state index < -0.39 is 7.60 Å². The number of rotatable bonds is 3. The fourth-order valence-corrected chi connectivity index (χ4v) is 2.76. The largest absolute Gasteiger partial charge is 0.462 e. The first kappa shape index (κ1) is 12.4. The maximum atomic E-state index is 11.3. The van der Waals surface area contributed by atoms with Crippen LogP contribution in [0.4, 0.5) is 5.82 Å². The summed E-state index contributed by atoms with van der Waals surface area (Å²) in [5.74, 6) is 0.940. The zero-order valence-corrected chi connectivity index (χ0v) is 10.9. The van der Waals surface area contributed by atoms with E-state index in [4.69, 9.17) is 10.2 Å². The van der Waals surface area contributed by atoms with Gasteiger partial charge in [0.15, 0.2) is 5.76 Å². The number of anilines is 1. The molecule has 0 atom stereocenters. The van der Waals surface area contributed by atoms with Gasteiger partial charge in [0.2, 0.25) is 0 Å². The molecule has 3 rings (SSSR count). The number of pyridine rings is 1. The van der Waals surface area contributed by atoms with E-state index in [0.29, 0.717) is 17.4 Å². The fourth-order valence-electron chi connectivity index (χ4n) is 2.08. The molecule has 0 radical (unpaired) electrons. The van der Waals surface area contributed by atoms with Crippen LogP contribution in [0.2, 0.25) is 0 Å². The van der Waals surface area contributed by atoms with Crippen LogP contribution in [-0.2, 0) is 4.57 Å². The Bertz CT molecular complexity index is 672. The minimum absolute atomic E-state index is 0.0716. The highest BCUT2D eigenvalue weighted by molar-refractivity contribution is 7.60. The van der Waals surface area contributed by atoms with Gasteiger partial charge < -0.3 is 19.9 Å². The summed E-state index contributed by atoms with van der Waals surface area (Å²) in [5, 5.41) is -0.168. The van der Waals surface area contributed by atoms with Crippen LogP contribution in [0.25, 0.3) is 11.5 Å². The SMILES string of the molecule is Nc1nc(-c2occc2P(=O)(O)O)ccc1C1CC1. The Morgan fingerprint density at radius 3 is 2.63 bits per heavy atom. The Balaban J connectivity index is 2.05. The van der Waals surface area contributed by atoms with Crippen molar-refractivity contribution < 1.29 is 18.8 Å². The Kier molecular flexibility index (Phi) is 2.74. The molecule has 0 amide bonds. The normalized spacial score (nSPS) is 15.7. The summed E-state index contributed by atoms with van der Waals surface area (Å²) in [6.45, 7) is 0. The Morgan fingerprint density at radius 1 is 1.32 bits per heavy atom. The molecule has 100 valence electrons. The topological polar surface area (TPSA) is 110 Å². The second-order valence-electron chi connectivity index (χ2n) is 4.62. The van der Waals surface area contributed by atoms with Gasteiger partial charge in [0.25, 0.3) is 0 Å². The first-order valence-electron chi connectivity index (χ1n) is 5.87. The quantitative estimate of drug-likeness (QED) is 0.737. The fraction of sp³-hybridized carbons (Fsp3) is 0.250. The van der Waals surface area contributed by atoms with Crippen molar-refractivity contribution in [1.82, 2.24) is 4.98 Å². The highest BCUT2D eigenvalue weighted by Gasteiger charge is 2.28. The lowest BCUT2D eigenvalue weighted by molar-refractivity contribution is 0.387. The highest BCUT2D eigenvalue weighted by atomic mass is 31.2.